The van der Waals surface area contributed by atoms with Gasteiger partial charge in [-0.3, -0.25) is 9.69 Å². The second-order valence-electron chi connectivity index (χ2n) is 5.36. The van der Waals surface area contributed by atoms with Crippen molar-refractivity contribution in [3.05, 3.63) is 0 Å². The molecule has 2 rings (SSSR count). The van der Waals surface area contributed by atoms with Crippen molar-refractivity contribution in [2.24, 2.45) is 4.99 Å². The molecule has 0 radical (unpaired) electrons. The molecular weight excluding hydrogens is 285 g/mol. The second-order valence-corrected chi connectivity index (χ2v) is 5.74. The Hall–Kier alpha value is 0.250. The van der Waals surface area contributed by atoms with Crippen molar-refractivity contribution in [2.75, 3.05) is 32.7 Å². The SMILES string of the molecule is O=C(S)N1CCN(CC([O-])=NC2CCCCC2)CC1.[Na+]. The Balaban J connectivity index is 0.00000200. The van der Waals surface area contributed by atoms with Crippen molar-refractivity contribution in [1.29, 1.82) is 0 Å². The molecule has 2 fully saturated rings. The van der Waals surface area contributed by atoms with Crippen molar-refractivity contribution in [3.63, 3.8) is 0 Å². The van der Waals surface area contributed by atoms with Gasteiger partial charge in [-0.1, -0.05) is 31.9 Å². The molecule has 0 unspecified atom stereocenters. The summed E-state index contributed by atoms with van der Waals surface area (Å²) in [5.41, 5.74) is 0. The first-order valence-electron chi connectivity index (χ1n) is 7.09. The zero-order chi connectivity index (χ0) is 13.7. The van der Waals surface area contributed by atoms with E-state index in [-0.39, 0.29) is 46.7 Å². The topological polar surface area (TPSA) is 59.0 Å². The molecule has 1 aliphatic carbocycles. The number of aliphatic imine (C=N–C) groups is 1. The summed E-state index contributed by atoms with van der Waals surface area (Å²) < 4.78 is 0. The minimum atomic E-state index is -0.183. The molecular formula is C13H22N3NaO2S. The van der Waals surface area contributed by atoms with E-state index < -0.39 is 0 Å². The number of thiol groups is 1. The molecule has 0 aromatic rings. The molecule has 0 bridgehead atoms. The van der Waals surface area contributed by atoms with Crippen molar-refractivity contribution in [3.8, 4) is 0 Å². The fourth-order valence-corrected chi connectivity index (χ4v) is 2.94. The Bertz CT molecular complexity index is 341. The van der Waals surface area contributed by atoms with E-state index in [2.05, 4.69) is 22.5 Å². The van der Waals surface area contributed by atoms with Crippen LogP contribution in [-0.2, 0) is 0 Å². The molecule has 0 aromatic heterocycles. The van der Waals surface area contributed by atoms with E-state index in [9.17, 15) is 9.90 Å². The molecule has 1 saturated heterocycles. The summed E-state index contributed by atoms with van der Waals surface area (Å²) >= 11 is 3.81. The minimum Gasteiger partial charge on any atom is -0.861 e. The quantitative estimate of drug-likeness (QED) is 0.277. The molecule has 1 saturated carbocycles. The van der Waals surface area contributed by atoms with Crippen LogP contribution in [0.3, 0.4) is 0 Å². The van der Waals surface area contributed by atoms with Crippen molar-refractivity contribution >= 4 is 23.8 Å². The van der Waals surface area contributed by atoms with Crippen LogP contribution in [0.25, 0.3) is 0 Å². The van der Waals surface area contributed by atoms with Crippen molar-refractivity contribution in [1.82, 2.24) is 9.80 Å². The van der Waals surface area contributed by atoms with E-state index in [1.54, 1.807) is 4.90 Å². The Labute approximate surface area is 148 Å². The van der Waals surface area contributed by atoms with Gasteiger partial charge in [-0.05, 0) is 18.7 Å². The first-order chi connectivity index (χ1) is 9.15. The average molecular weight is 307 g/mol. The molecule has 7 heteroatoms. The van der Waals surface area contributed by atoms with Gasteiger partial charge in [0.25, 0.3) is 5.24 Å². The number of nitrogens with zero attached hydrogens (tertiary/aromatic N) is 3. The molecule has 1 aliphatic heterocycles. The van der Waals surface area contributed by atoms with Crippen LogP contribution in [0.2, 0.25) is 0 Å². The third-order valence-electron chi connectivity index (χ3n) is 3.90. The largest absolute Gasteiger partial charge is 1.00 e. The Morgan fingerprint density at radius 1 is 1.15 bits per heavy atom. The van der Waals surface area contributed by atoms with E-state index in [0.29, 0.717) is 19.6 Å². The van der Waals surface area contributed by atoms with Crippen molar-refractivity contribution < 1.29 is 39.5 Å². The summed E-state index contributed by atoms with van der Waals surface area (Å²) in [6.07, 6.45) is 5.80. The van der Waals surface area contributed by atoms with Crippen LogP contribution in [0, 0.1) is 0 Å². The molecule has 0 N–H and O–H groups in total. The van der Waals surface area contributed by atoms with Gasteiger partial charge in [0.1, 0.15) is 0 Å². The van der Waals surface area contributed by atoms with Gasteiger partial charge in [-0.2, -0.15) is 0 Å². The fraction of sp³-hybridized carbons (Fsp3) is 0.846. The van der Waals surface area contributed by atoms with Crippen LogP contribution in [0.1, 0.15) is 32.1 Å². The van der Waals surface area contributed by atoms with Crippen LogP contribution in [-0.4, -0.2) is 59.7 Å². The maximum atomic E-state index is 11.9. The molecule has 1 heterocycles. The molecule has 0 aromatic carbocycles. The molecule has 2 aliphatic rings. The normalized spacial score (nSPS) is 22.4. The predicted octanol–water partition coefficient (Wildman–Crippen LogP) is -2.25. The number of piperazine rings is 1. The first-order valence-corrected chi connectivity index (χ1v) is 7.54. The summed E-state index contributed by atoms with van der Waals surface area (Å²) in [7, 11) is 0. The number of rotatable bonds is 3. The zero-order valence-electron chi connectivity index (χ0n) is 12.3. The summed E-state index contributed by atoms with van der Waals surface area (Å²) in [6, 6.07) is 0.251. The van der Waals surface area contributed by atoms with Gasteiger partial charge in [0.2, 0.25) is 0 Å². The van der Waals surface area contributed by atoms with Crippen LogP contribution in [0.4, 0.5) is 4.79 Å². The first kappa shape index (κ1) is 18.3. The minimum absolute atomic E-state index is 0. The van der Waals surface area contributed by atoms with Crippen LogP contribution in [0.5, 0.6) is 0 Å². The number of carbonyl (C=O) groups excluding carboxylic acids is 1. The third-order valence-corrected chi connectivity index (χ3v) is 4.19. The van der Waals surface area contributed by atoms with Gasteiger partial charge in [-0.15, -0.1) is 0 Å². The smallest absolute Gasteiger partial charge is 0.861 e. The summed E-state index contributed by atoms with van der Waals surface area (Å²) in [6.45, 7) is 3.17. The Kier molecular flexibility index (Phi) is 8.51. The van der Waals surface area contributed by atoms with Gasteiger partial charge < -0.3 is 15.0 Å². The van der Waals surface area contributed by atoms with Crippen LogP contribution >= 0.6 is 12.6 Å². The van der Waals surface area contributed by atoms with E-state index >= 15 is 0 Å². The number of amides is 1. The average Bonchev–Trinajstić information content (AvgIpc) is 2.40. The Morgan fingerprint density at radius 2 is 1.75 bits per heavy atom. The summed E-state index contributed by atoms with van der Waals surface area (Å²) in [5.74, 6) is -0.00227. The van der Waals surface area contributed by atoms with Gasteiger partial charge in [-0.25, -0.2) is 0 Å². The number of hydrogen-bond donors (Lipinski definition) is 1. The summed E-state index contributed by atoms with van der Waals surface area (Å²) in [4.78, 5) is 19.2. The van der Waals surface area contributed by atoms with E-state index in [4.69, 9.17) is 0 Å². The van der Waals surface area contributed by atoms with Gasteiger partial charge in [0.15, 0.2) is 0 Å². The second kappa shape index (κ2) is 9.30. The monoisotopic (exact) mass is 307 g/mol. The van der Waals surface area contributed by atoms with E-state index in [0.717, 1.165) is 25.9 Å². The maximum absolute atomic E-state index is 11.9. The maximum Gasteiger partial charge on any atom is 1.00 e. The van der Waals surface area contributed by atoms with Gasteiger partial charge in [0, 0.05) is 38.8 Å². The standard InChI is InChI=1S/C13H23N3O2S.Na/c17-12(14-11-4-2-1-3-5-11)10-15-6-8-16(9-7-15)13(18)19;/h11H,1-10H2,(H,14,17)(H,18,19);/q;+1/p-1. The van der Waals surface area contributed by atoms with Crippen LogP contribution in [0.15, 0.2) is 4.99 Å². The van der Waals surface area contributed by atoms with Gasteiger partial charge >= 0.3 is 29.6 Å². The third kappa shape index (κ3) is 5.93. The molecule has 1 amide bonds. The molecule has 0 spiro atoms. The number of carbonyl (C=O) groups is 1. The molecule has 108 valence electrons. The van der Waals surface area contributed by atoms with E-state index in [1.807, 2.05) is 0 Å². The van der Waals surface area contributed by atoms with Gasteiger partial charge in [0.05, 0.1) is 0 Å². The zero-order valence-corrected chi connectivity index (χ0v) is 15.1. The molecule has 5 nitrogen and oxygen atoms in total. The van der Waals surface area contributed by atoms with Crippen molar-refractivity contribution in [2.45, 2.75) is 38.1 Å². The molecule has 20 heavy (non-hydrogen) atoms. The fourth-order valence-electron chi connectivity index (χ4n) is 2.74. The molecule has 0 atom stereocenters. The summed E-state index contributed by atoms with van der Waals surface area (Å²) in [5, 5.41) is 11.7. The number of hydrogen-bond acceptors (Lipinski definition) is 4. The predicted molar refractivity (Wildman–Crippen MR) is 76.7 cm³/mol. The van der Waals surface area contributed by atoms with E-state index in [1.165, 1.54) is 19.3 Å². The van der Waals surface area contributed by atoms with Crippen LogP contribution < -0.4 is 34.7 Å². The Morgan fingerprint density at radius 3 is 2.30 bits per heavy atom.